The maximum atomic E-state index is 13.0. The maximum absolute atomic E-state index is 13.0. The zero-order chi connectivity index (χ0) is 20.6. The highest BCUT2D eigenvalue weighted by Gasteiger charge is 2.58. The molecule has 3 fully saturated rings. The number of piperidine rings is 1. The third kappa shape index (κ3) is 3.80. The first-order valence-electron chi connectivity index (χ1n) is 11.6. The summed E-state index contributed by atoms with van der Waals surface area (Å²) in [5.41, 5.74) is 3.09. The van der Waals surface area contributed by atoms with E-state index < -0.39 is 0 Å². The van der Waals surface area contributed by atoms with E-state index in [9.17, 15) is 4.79 Å². The molecule has 1 atom stereocenters. The molecule has 1 aromatic carbocycles. The van der Waals surface area contributed by atoms with E-state index >= 15 is 0 Å². The van der Waals surface area contributed by atoms with E-state index in [0.717, 1.165) is 45.4 Å². The van der Waals surface area contributed by atoms with E-state index in [1.807, 2.05) is 17.9 Å². The first kappa shape index (κ1) is 19.8. The molecule has 2 aliphatic carbocycles. The van der Waals surface area contributed by atoms with Gasteiger partial charge in [-0.3, -0.25) is 14.4 Å². The fourth-order valence-electron chi connectivity index (χ4n) is 6.03. The normalized spacial score (nSPS) is 24.8. The van der Waals surface area contributed by atoms with Crippen LogP contribution in [0.4, 0.5) is 0 Å². The third-order valence-corrected chi connectivity index (χ3v) is 8.07. The van der Waals surface area contributed by atoms with Gasteiger partial charge in [-0.05, 0) is 56.2 Å². The van der Waals surface area contributed by atoms with Crippen LogP contribution >= 0.6 is 0 Å². The van der Waals surface area contributed by atoms with E-state index in [1.165, 1.54) is 36.8 Å². The van der Waals surface area contributed by atoms with E-state index in [1.54, 1.807) is 0 Å². The lowest BCUT2D eigenvalue weighted by Gasteiger charge is -2.33. The fraction of sp³-hybridized carbons (Fsp3) is 0.600. The summed E-state index contributed by atoms with van der Waals surface area (Å²) in [5, 5.41) is 7.66. The molecule has 1 spiro atoms. The smallest absolute Gasteiger partial charge is 0.223 e. The average Bonchev–Trinajstić information content (AvgIpc) is 3.07. The summed E-state index contributed by atoms with van der Waals surface area (Å²) in [7, 11) is 1.97. The lowest BCUT2D eigenvalue weighted by Crippen LogP contribution is -2.41. The number of rotatable bonds is 6. The van der Waals surface area contributed by atoms with E-state index in [-0.39, 0.29) is 16.7 Å². The van der Waals surface area contributed by atoms with Gasteiger partial charge < -0.3 is 5.32 Å². The molecule has 2 aromatic rings. The molecule has 1 saturated heterocycles. The summed E-state index contributed by atoms with van der Waals surface area (Å²) in [6.07, 6.45) is 12.4. The predicted molar refractivity (Wildman–Crippen MR) is 118 cm³/mol. The number of benzene rings is 1. The Labute approximate surface area is 179 Å². The molecule has 5 nitrogen and oxygen atoms in total. The van der Waals surface area contributed by atoms with Crippen molar-refractivity contribution in [2.75, 3.05) is 19.6 Å². The molecule has 1 amide bonds. The Hall–Kier alpha value is -2.14. The highest BCUT2D eigenvalue weighted by Crippen LogP contribution is 2.59. The minimum absolute atomic E-state index is 0.145. The first-order valence-corrected chi connectivity index (χ1v) is 11.6. The van der Waals surface area contributed by atoms with Gasteiger partial charge in [-0.2, -0.15) is 5.10 Å². The molecule has 1 N–H and O–H groups in total. The number of carbonyl (C=O) groups is 1. The van der Waals surface area contributed by atoms with Crippen molar-refractivity contribution in [3.05, 3.63) is 53.9 Å². The van der Waals surface area contributed by atoms with Gasteiger partial charge in [-0.15, -0.1) is 0 Å². The van der Waals surface area contributed by atoms with Gasteiger partial charge in [0.1, 0.15) is 0 Å². The summed E-state index contributed by atoms with van der Waals surface area (Å²) in [4.78, 5) is 15.6. The van der Waals surface area contributed by atoms with Crippen molar-refractivity contribution in [1.82, 2.24) is 20.0 Å². The van der Waals surface area contributed by atoms with Crippen LogP contribution in [-0.4, -0.2) is 40.2 Å². The van der Waals surface area contributed by atoms with Crippen molar-refractivity contribution in [3.8, 4) is 0 Å². The Morgan fingerprint density at radius 2 is 1.87 bits per heavy atom. The number of aryl methyl sites for hydroxylation is 1. The summed E-state index contributed by atoms with van der Waals surface area (Å²) in [6, 6.07) is 10.8. The van der Waals surface area contributed by atoms with Crippen molar-refractivity contribution >= 4 is 5.91 Å². The Balaban J connectivity index is 1.14. The highest BCUT2D eigenvalue weighted by atomic mass is 16.2. The minimum Gasteiger partial charge on any atom is -0.355 e. The van der Waals surface area contributed by atoms with Crippen LogP contribution in [0.1, 0.15) is 56.1 Å². The SMILES string of the molecule is Cn1cc(CN2CCC3(CC2)CC3C(=O)NCC2(c3ccccc3)CCCC2)cn1. The minimum atomic E-state index is 0.145. The van der Waals surface area contributed by atoms with Crippen molar-refractivity contribution in [2.24, 2.45) is 18.4 Å². The van der Waals surface area contributed by atoms with Crippen LogP contribution in [0.3, 0.4) is 0 Å². The van der Waals surface area contributed by atoms with Gasteiger partial charge >= 0.3 is 0 Å². The molecule has 160 valence electrons. The second-order valence-corrected chi connectivity index (χ2v) is 9.99. The number of likely N-dealkylation sites (tertiary alicyclic amines) is 1. The standard InChI is InChI=1S/C25H34N4O/c1-28-17-20(16-27-28)18-29-13-11-24(12-14-29)15-22(24)23(30)26-19-25(9-5-6-10-25)21-7-3-2-4-8-21/h2-4,7-8,16-17,22H,5-6,9-15,18-19H2,1H3,(H,26,30). The Kier molecular flexibility index (Phi) is 5.18. The summed E-state index contributed by atoms with van der Waals surface area (Å²) in [5.74, 6) is 0.533. The predicted octanol–water partition coefficient (Wildman–Crippen LogP) is 3.65. The van der Waals surface area contributed by atoms with Gasteiger partial charge in [0.15, 0.2) is 0 Å². The molecule has 2 heterocycles. The van der Waals surface area contributed by atoms with Gasteiger partial charge in [-0.1, -0.05) is 43.2 Å². The van der Waals surface area contributed by atoms with Gasteiger partial charge in [0.25, 0.3) is 0 Å². The van der Waals surface area contributed by atoms with Crippen LogP contribution in [0, 0.1) is 11.3 Å². The quantitative estimate of drug-likeness (QED) is 0.797. The maximum Gasteiger partial charge on any atom is 0.223 e. The zero-order valence-corrected chi connectivity index (χ0v) is 18.1. The fourth-order valence-corrected chi connectivity index (χ4v) is 6.03. The van der Waals surface area contributed by atoms with Gasteiger partial charge in [0, 0.05) is 43.2 Å². The molecular weight excluding hydrogens is 372 g/mol. The average molecular weight is 407 g/mol. The molecule has 5 rings (SSSR count). The number of carbonyl (C=O) groups excluding carboxylic acids is 1. The molecule has 1 aromatic heterocycles. The van der Waals surface area contributed by atoms with Crippen molar-refractivity contribution in [3.63, 3.8) is 0 Å². The Morgan fingerprint density at radius 1 is 1.13 bits per heavy atom. The number of amides is 1. The molecule has 30 heavy (non-hydrogen) atoms. The molecule has 0 radical (unpaired) electrons. The number of hydrogen-bond acceptors (Lipinski definition) is 3. The molecule has 2 saturated carbocycles. The van der Waals surface area contributed by atoms with Crippen molar-refractivity contribution in [2.45, 2.75) is 56.9 Å². The van der Waals surface area contributed by atoms with Gasteiger partial charge in [-0.25, -0.2) is 0 Å². The molecular formula is C25H34N4O. The topological polar surface area (TPSA) is 50.2 Å². The summed E-state index contributed by atoms with van der Waals surface area (Å²) >= 11 is 0. The van der Waals surface area contributed by atoms with Crippen LogP contribution < -0.4 is 5.32 Å². The first-order chi connectivity index (χ1) is 14.6. The van der Waals surface area contributed by atoms with Crippen molar-refractivity contribution in [1.29, 1.82) is 0 Å². The second kappa shape index (κ2) is 7.84. The molecule has 0 bridgehead atoms. The van der Waals surface area contributed by atoms with Crippen LogP contribution in [0.25, 0.3) is 0 Å². The molecule has 3 aliphatic rings. The lowest BCUT2D eigenvalue weighted by atomic mass is 9.78. The van der Waals surface area contributed by atoms with Gasteiger partial charge in [0.05, 0.1) is 6.20 Å². The largest absolute Gasteiger partial charge is 0.355 e. The summed E-state index contributed by atoms with van der Waals surface area (Å²) in [6.45, 7) is 3.95. The number of nitrogens with one attached hydrogen (secondary N) is 1. The van der Waals surface area contributed by atoms with Crippen molar-refractivity contribution < 1.29 is 4.79 Å². The number of nitrogens with zero attached hydrogens (tertiary/aromatic N) is 3. The van der Waals surface area contributed by atoms with Gasteiger partial charge in [0.2, 0.25) is 5.91 Å². The Morgan fingerprint density at radius 3 is 2.53 bits per heavy atom. The highest BCUT2D eigenvalue weighted by molar-refractivity contribution is 5.82. The van der Waals surface area contributed by atoms with Crippen LogP contribution in [-0.2, 0) is 23.8 Å². The van der Waals surface area contributed by atoms with Crippen LogP contribution in [0.5, 0.6) is 0 Å². The molecule has 1 aliphatic heterocycles. The monoisotopic (exact) mass is 406 g/mol. The van der Waals surface area contributed by atoms with E-state index in [4.69, 9.17) is 0 Å². The van der Waals surface area contributed by atoms with E-state index in [2.05, 4.69) is 51.8 Å². The third-order valence-electron chi connectivity index (χ3n) is 8.07. The second-order valence-electron chi connectivity index (χ2n) is 9.99. The number of hydrogen-bond donors (Lipinski definition) is 1. The Bertz CT molecular complexity index is 876. The molecule has 1 unspecified atom stereocenters. The zero-order valence-electron chi connectivity index (χ0n) is 18.1. The summed E-state index contributed by atoms with van der Waals surface area (Å²) < 4.78 is 1.87. The molecule has 5 heteroatoms. The van der Waals surface area contributed by atoms with Crippen LogP contribution in [0.15, 0.2) is 42.7 Å². The lowest BCUT2D eigenvalue weighted by molar-refractivity contribution is -0.123. The number of aromatic nitrogens is 2. The van der Waals surface area contributed by atoms with Crippen LogP contribution in [0.2, 0.25) is 0 Å². The van der Waals surface area contributed by atoms with E-state index in [0.29, 0.717) is 5.91 Å².